The first kappa shape index (κ1) is 12.4. The third kappa shape index (κ3) is 2.59. The molecule has 0 unspecified atom stereocenters. The van der Waals surface area contributed by atoms with Gasteiger partial charge in [0.25, 0.3) is 0 Å². The smallest absolute Gasteiger partial charge is 0.232 e. The summed E-state index contributed by atoms with van der Waals surface area (Å²) in [7, 11) is 0. The van der Waals surface area contributed by atoms with Crippen molar-refractivity contribution in [2.75, 3.05) is 5.32 Å². The van der Waals surface area contributed by atoms with Gasteiger partial charge >= 0.3 is 0 Å². The Bertz CT molecular complexity index is 573. The highest BCUT2D eigenvalue weighted by atomic mass is 16.3. The maximum absolute atomic E-state index is 11.9. The number of amides is 1. The van der Waals surface area contributed by atoms with E-state index in [1.54, 1.807) is 0 Å². The summed E-state index contributed by atoms with van der Waals surface area (Å²) in [5, 5.41) is 2.89. The van der Waals surface area contributed by atoms with Gasteiger partial charge in [0, 0.05) is 5.69 Å². The lowest BCUT2D eigenvalue weighted by molar-refractivity contribution is -0.115. The van der Waals surface area contributed by atoms with Crippen LogP contribution in [-0.2, 0) is 11.2 Å². The van der Waals surface area contributed by atoms with Crippen LogP contribution >= 0.6 is 0 Å². The average Bonchev–Trinajstić information content (AvgIpc) is 2.71. The maximum Gasteiger partial charge on any atom is 0.232 e. The summed E-state index contributed by atoms with van der Waals surface area (Å²) in [6.07, 6.45) is 1.56. The average molecular weight is 244 g/mol. The summed E-state index contributed by atoms with van der Waals surface area (Å²) in [5.41, 5.74) is 3.84. The van der Waals surface area contributed by atoms with Gasteiger partial charge in [-0.3, -0.25) is 4.79 Å². The second kappa shape index (κ2) is 5.04. The minimum absolute atomic E-state index is 0.0939. The Morgan fingerprint density at radius 3 is 2.78 bits per heavy atom. The van der Waals surface area contributed by atoms with Gasteiger partial charge in [-0.2, -0.15) is 0 Å². The molecule has 0 radical (unpaired) electrons. The Morgan fingerprint density at radius 2 is 2.11 bits per heavy atom. The van der Waals surface area contributed by atoms with E-state index in [9.17, 15) is 4.79 Å². The summed E-state index contributed by atoms with van der Waals surface area (Å²) in [6.45, 7) is 5.83. The molecule has 2 aromatic rings. The fourth-order valence-electron chi connectivity index (χ4n) is 1.72. The van der Waals surface area contributed by atoms with E-state index in [2.05, 4.69) is 10.3 Å². The lowest BCUT2D eigenvalue weighted by Crippen LogP contribution is -2.15. The van der Waals surface area contributed by atoms with Gasteiger partial charge in [-0.05, 0) is 38.0 Å². The van der Waals surface area contributed by atoms with E-state index in [0.717, 1.165) is 22.5 Å². The van der Waals surface area contributed by atoms with E-state index in [1.165, 1.54) is 6.39 Å². The number of hydrogen-bond donors (Lipinski definition) is 1. The number of nitrogens with one attached hydrogen (secondary N) is 1. The molecule has 2 rings (SSSR count). The predicted octanol–water partition coefficient (Wildman–Crippen LogP) is 2.78. The Balaban J connectivity index is 2.08. The van der Waals surface area contributed by atoms with Crippen LogP contribution in [-0.4, -0.2) is 10.9 Å². The molecule has 0 spiro atoms. The topological polar surface area (TPSA) is 55.1 Å². The molecule has 0 fully saturated rings. The van der Waals surface area contributed by atoms with Crippen molar-refractivity contribution in [3.8, 4) is 0 Å². The molecule has 0 aliphatic rings. The summed E-state index contributed by atoms with van der Waals surface area (Å²) in [6, 6.07) is 5.84. The highest BCUT2D eigenvalue weighted by Gasteiger charge is 2.11. The molecule has 4 heteroatoms. The van der Waals surface area contributed by atoms with Crippen LogP contribution in [0.2, 0.25) is 0 Å². The molecule has 1 aromatic heterocycles. The maximum atomic E-state index is 11.9. The molecule has 1 heterocycles. The molecule has 94 valence electrons. The van der Waals surface area contributed by atoms with Gasteiger partial charge in [0.1, 0.15) is 5.76 Å². The Morgan fingerprint density at radius 1 is 1.33 bits per heavy atom. The fourth-order valence-corrected chi connectivity index (χ4v) is 1.72. The third-order valence-electron chi connectivity index (χ3n) is 3.04. The lowest BCUT2D eigenvalue weighted by Gasteiger charge is -2.09. The van der Waals surface area contributed by atoms with Crippen LogP contribution in [0.1, 0.15) is 22.6 Å². The molecule has 0 aliphatic carbocycles. The molecular formula is C14H16N2O2. The number of aromatic nitrogens is 1. The van der Waals surface area contributed by atoms with E-state index in [4.69, 9.17) is 4.42 Å². The van der Waals surface area contributed by atoms with Gasteiger partial charge in [0.2, 0.25) is 5.91 Å². The van der Waals surface area contributed by atoms with E-state index < -0.39 is 0 Å². The second-order valence-corrected chi connectivity index (χ2v) is 4.33. The zero-order valence-electron chi connectivity index (χ0n) is 10.8. The van der Waals surface area contributed by atoms with Crippen molar-refractivity contribution < 1.29 is 9.21 Å². The number of anilines is 1. The number of rotatable bonds is 3. The van der Waals surface area contributed by atoms with Gasteiger partial charge in [0.15, 0.2) is 6.39 Å². The quantitative estimate of drug-likeness (QED) is 0.903. The first-order valence-corrected chi connectivity index (χ1v) is 5.83. The number of carbonyl (C=O) groups is 1. The monoisotopic (exact) mass is 244 g/mol. The van der Waals surface area contributed by atoms with Crippen molar-refractivity contribution in [3.05, 3.63) is 47.2 Å². The van der Waals surface area contributed by atoms with Crippen molar-refractivity contribution >= 4 is 11.6 Å². The van der Waals surface area contributed by atoms with Gasteiger partial charge < -0.3 is 9.73 Å². The van der Waals surface area contributed by atoms with Gasteiger partial charge in [-0.1, -0.05) is 12.1 Å². The van der Waals surface area contributed by atoms with Crippen LogP contribution in [0.4, 0.5) is 5.69 Å². The van der Waals surface area contributed by atoms with E-state index in [-0.39, 0.29) is 12.3 Å². The molecule has 0 aliphatic heterocycles. The zero-order valence-corrected chi connectivity index (χ0v) is 10.8. The van der Waals surface area contributed by atoms with Crippen LogP contribution < -0.4 is 5.32 Å². The lowest BCUT2D eigenvalue weighted by atomic mass is 10.1. The Hall–Kier alpha value is -2.10. The molecule has 1 aromatic carbocycles. The SMILES string of the molecule is Cc1cccc(NC(=O)Cc2ocnc2C)c1C. The normalized spacial score (nSPS) is 10.4. The van der Waals surface area contributed by atoms with Crippen LogP contribution in [0.15, 0.2) is 29.0 Å². The highest BCUT2D eigenvalue weighted by molar-refractivity contribution is 5.92. The van der Waals surface area contributed by atoms with Crippen LogP contribution in [0.5, 0.6) is 0 Å². The number of benzene rings is 1. The van der Waals surface area contributed by atoms with Gasteiger partial charge in [0.05, 0.1) is 12.1 Å². The molecule has 0 saturated carbocycles. The number of oxazole rings is 1. The van der Waals surface area contributed by atoms with Crippen LogP contribution in [0.3, 0.4) is 0 Å². The van der Waals surface area contributed by atoms with E-state index in [1.807, 2.05) is 39.0 Å². The summed E-state index contributed by atoms with van der Waals surface area (Å²) in [5.74, 6) is 0.515. The van der Waals surface area contributed by atoms with E-state index in [0.29, 0.717) is 5.76 Å². The third-order valence-corrected chi connectivity index (χ3v) is 3.04. The van der Waals surface area contributed by atoms with Crippen molar-refractivity contribution in [1.82, 2.24) is 4.98 Å². The minimum atomic E-state index is -0.0939. The molecule has 0 bridgehead atoms. The standard InChI is InChI=1S/C14H16N2O2/c1-9-5-4-6-12(10(9)2)16-14(17)7-13-11(3)15-8-18-13/h4-6,8H,7H2,1-3H3,(H,16,17). The molecule has 0 saturated heterocycles. The number of nitrogens with zero attached hydrogens (tertiary/aromatic N) is 1. The molecule has 18 heavy (non-hydrogen) atoms. The number of hydrogen-bond acceptors (Lipinski definition) is 3. The Labute approximate surface area is 106 Å². The van der Waals surface area contributed by atoms with Crippen LogP contribution in [0.25, 0.3) is 0 Å². The van der Waals surface area contributed by atoms with E-state index >= 15 is 0 Å². The van der Waals surface area contributed by atoms with Crippen molar-refractivity contribution in [2.24, 2.45) is 0 Å². The number of aryl methyl sites for hydroxylation is 2. The second-order valence-electron chi connectivity index (χ2n) is 4.33. The fraction of sp³-hybridized carbons (Fsp3) is 0.286. The van der Waals surface area contributed by atoms with Gasteiger partial charge in [-0.25, -0.2) is 4.98 Å². The molecule has 4 nitrogen and oxygen atoms in total. The summed E-state index contributed by atoms with van der Waals surface area (Å²) in [4.78, 5) is 15.9. The van der Waals surface area contributed by atoms with Crippen molar-refractivity contribution in [2.45, 2.75) is 27.2 Å². The Kier molecular flexibility index (Phi) is 3.46. The highest BCUT2D eigenvalue weighted by Crippen LogP contribution is 2.18. The zero-order chi connectivity index (χ0) is 13.1. The van der Waals surface area contributed by atoms with Gasteiger partial charge in [-0.15, -0.1) is 0 Å². The molecule has 1 N–H and O–H groups in total. The molecule has 0 atom stereocenters. The van der Waals surface area contributed by atoms with Crippen LogP contribution in [0, 0.1) is 20.8 Å². The minimum Gasteiger partial charge on any atom is -0.448 e. The summed E-state index contributed by atoms with van der Waals surface area (Å²) >= 11 is 0. The molecular weight excluding hydrogens is 228 g/mol. The largest absolute Gasteiger partial charge is 0.448 e. The number of carbonyl (C=O) groups excluding carboxylic acids is 1. The first-order chi connectivity index (χ1) is 8.58. The van der Waals surface area contributed by atoms with Crippen molar-refractivity contribution in [3.63, 3.8) is 0 Å². The molecule has 1 amide bonds. The van der Waals surface area contributed by atoms with Crippen molar-refractivity contribution in [1.29, 1.82) is 0 Å². The summed E-state index contributed by atoms with van der Waals surface area (Å²) < 4.78 is 5.15. The predicted molar refractivity (Wildman–Crippen MR) is 69.5 cm³/mol. The first-order valence-electron chi connectivity index (χ1n) is 5.83.